The maximum absolute atomic E-state index is 9.45. The maximum atomic E-state index is 9.45. The minimum absolute atomic E-state index is 0.130. The van der Waals surface area contributed by atoms with Gasteiger partial charge < -0.3 is 19.7 Å². The Kier molecular flexibility index (Phi) is 2.08. The predicted octanol–water partition coefficient (Wildman–Crippen LogP) is 2.49. The summed E-state index contributed by atoms with van der Waals surface area (Å²) >= 11 is 0. The number of hydrogen-bond donors (Lipinski definition) is 2. The lowest BCUT2D eigenvalue weighted by molar-refractivity contribution is 0.174. The van der Waals surface area contributed by atoms with E-state index in [4.69, 9.17) is 9.47 Å². The van der Waals surface area contributed by atoms with E-state index in [1.807, 2.05) is 18.2 Å². The van der Waals surface area contributed by atoms with Gasteiger partial charge in [0.1, 0.15) is 0 Å². The van der Waals surface area contributed by atoms with Gasteiger partial charge in [-0.3, -0.25) is 0 Å². The van der Waals surface area contributed by atoms with Crippen molar-refractivity contribution >= 4 is 0 Å². The molecule has 0 saturated heterocycles. The van der Waals surface area contributed by atoms with E-state index in [0.29, 0.717) is 5.75 Å². The zero-order chi connectivity index (χ0) is 11.8. The van der Waals surface area contributed by atoms with Crippen molar-refractivity contribution in [3.63, 3.8) is 0 Å². The lowest BCUT2D eigenvalue weighted by Crippen LogP contribution is -1.92. The molecule has 4 heteroatoms. The minimum Gasteiger partial charge on any atom is -0.504 e. The van der Waals surface area contributed by atoms with E-state index < -0.39 is 0 Å². The van der Waals surface area contributed by atoms with Gasteiger partial charge in [-0.1, -0.05) is 12.1 Å². The third kappa shape index (κ3) is 1.63. The molecule has 0 unspecified atom stereocenters. The highest BCUT2D eigenvalue weighted by atomic mass is 16.7. The van der Waals surface area contributed by atoms with Crippen molar-refractivity contribution in [1.82, 2.24) is 0 Å². The molecule has 0 spiro atoms. The van der Waals surface area contributed by atoms with E-state index >= 15 is 0 Å². The van der Waals surface area contributed by atoms with Crippen LogP contribution in [0.25, 0.3) is 11.1 Å². The second kappa shape index (κ2) is 3.59. The Morgan fingerprint density at radius 1 is 0.765 bits per heavy atom. The quantitative estimate of drug-likeness (QED) is 0.739. The van der Waals surface area contributed by atoms with Crippen molar-refractivity contribution in [3.05, 3.63) is 36.4 Å². The van der Waals surface area contributed by atoms with E-state index in [-0.39, 0.29) is 18.3 Å². The Labute approximate surface area is 97.7 Å². The highest BCUT2D eigenvalue weighted by Gasteiger charge is 2.14. The zero-order valence-corrected chi connectivity index (χ0v) is 8.88. The molecule has 1 aliphatic rings. The highest BCUT2D eigenvalue weighted by molar-refractivity contribution is 5.69. The summed E-state index contributed by atoms with van der Waals surface area (Å²) in [4.78, 5) is 0. The molecule has 0 fully saturated rings. The molecule has 86 valence electrons. The first-order valence-electron chi connectivity index (χ1n) is 5.16. The molecular formula is C13H10O4. The summed E-state index contributed by atoms with van der Waals surface area (Å²) in [6, 6.07) is 10.2. The number of benzene rings is 2. The second-order valence-electron chi connectivity index (χ2n) is 3.77. The van der Waals surface area contributed by atoms with Gasteiger partial charge in [-0.2, -0.15) is 0 Å². The van der Waals surface area contributed by atoms with Gasteiger partial charge in [-0.15, -0.1) is 0 Å². The summed E-state index contributed by atoms with van der Waals surface area (Å²) in [6.45, 7) is 0.236. The lowest BCUT2D eigenvalue weighted by Gasteiger charge is -2.05. The second-order valence-corrected chi connectivity index (χ2v) is 3.77. The van der Waals surface area contributed by atoms with Gasteiger partial charge in [0.25, 0.3) is 0 Å². The molecule has 1 aliphatic heterocycles. The van der Waals surface area contributed by atoms with Gasteiger partial charge in [0.2, 0.25) is 6.79 Å². The van der Waals surface area contributed by atoms with Crippen molar-refractivity contribution in [3.8, 4) is 34.1 Å². The van der Waals surface area contributed by atoms with Crippen LogP contribution in [0.1, 0.15) is 0 Å². The lowest BCUT2D eigenvalue weighted by atomic mass is 10.0. The number of phenols is 2. The van der Waals surface area contributed by atoms with E-state index in [0.717, 1.165) is 16.9 Å². The van der Waals surface area contributed by atoms with Gasteiger partial charge in [-0.25, -0.2) is 0 Å². The molecule has 2 aromatic carbocycles. The third-order valence-corrected chi connectivity index (χ3v) is 2.68. The Bertz CT molecular complexity index is 578. The van der Waals surface area contributed by atoms with Gasteiger partial charge in [0.05, 0.1) is 0 Å². The van der Waals surface area contributed by atoms with Crippen LogP contribution in [0.4, 0.5) is 0 Å². The molecule has 3 rings (SSSR count). The van der Waals surface area contributed by atoms with Crippen LogP contribution in [-0.2, 0) is 0 Å². The van der Waals surface area contributed by atoms with Gasteiger partial charge in [0, 0.05) is 0 Å². The first-order valence-corrected chi connectivity index (χ1v) is 5.16. The molecule has 2 aromatic rings. The molecule has 2 N–H and O–H groups in total. The molecule has 4 nitrogen and oxygen atoms in total. The number of phenolic OH excluding ortho intramolecular Hbond substituents is 2. The summed E-state index contributed by atoms with van der Waals surface area (Å²) in [6.07, 6.45) is 0. The monoisotopic (exact) mass is 230 g/mol. The normalized spacial score (nSPS) is 12.7. The molecule has 0 saturated carbocycles. The highest BCUT2D eigenvalue weighted by Crippen LogP contribution is 2.37. The average Bonchev–Trinajstić information content (AvgIpc) is 2.79. The van der Waals surface area contributed by atoms with Gasteiger partial charge in [0.15, 0.2) is 23.0 Å². The first kappa shape index (κ1) is 9.84. The van der Waals surface area contributed by atoms with Crippen LogP contribution in [-0.4, -0.2) is 17.0 Å². The fourth-order valence-electron chi connectivity index (χ4n) is 1.78. The van der Waals surface area contributed by atoms with E-state index in [9.17, 15) is 10.2 Å². The third-order valence-electron chi connectivity index (χ3n) is 2.68. The Balaban J connectivity index is 2.06. The largest absolute Gasteiger partial charge is 0.504 e. The standard InChI is InChI=1S/C13H10O4/c14-10-3-1-8(5-11(10)15)9-2-4-12-13(6-9)17-7-16-12/h1-6,14-15H,7H2. The number of fused-ring (bicyclic) bond motifs is 1. The van der Waals surface area contributed by atoms with Gasteiger partial charge in [-0.05, 0) is 35.4 Å². The van der Waals surface area contributed by atoms with Crippen LogP contribution in [0, 0.1) is 0 Å². The van der Waals surface area contributed by atoms with Crippen molar-refractivity contribution in [1.29, 1.82) is 0 Å². The Hall–Kier alpha value is -2.36. The summed E-state index contributed by atoms with van der Waals surface area (Å²) in [7, 11) is 0. The van der Waals surface area contributed by atoms with Crippen molar-refractivity contribution < 1.29 is 19.7 Å². The molecule has 0 aliphatic carbocycles. The number of aromatic hydroxyl groups is 2. The fourth-order valence-corrected chi connectivity index (χ4v) is 1.78. The summed E-state index contributed by atoms with van der Waals surface area (Å²) < 4.78 is 10.5. The topological polar surface area (TPSA) is 58.9 Å². The van der Waals surface area contributed by atoms with Gasteiger partial charge >= 0.3 is 0 Å². The summed E-state index contributed by atoms with van der Waals surface area (Å²) in [5.41, 5.74) is 1.70. The van der Waals surface area contributed by atoms with E-state index in [1.165, 1.54) is 12.1 Å². The van der Waals surface area contributed by atoms with Crippen LogP contribution < -0.4 is 9.47 Å². The molecule has 0 amide bonds. The molecule has 1 heterocycles. The van der Waals surface area contributed by atoms with Crippen molar-refractivity contribution in [2.75, 3.05) is 6.79 Å². The first-order chi connectivity index (χ1) is 8.24. The summed E-state index contributed by atoms with van der Waals surface area (Å²) in [5.74, 6) is 1.14. The van der Waals surface area contributed by atoms with Crippen LogP contribution in [0.5, 0.6) is 23.0 Å². The van der Waals surface area contributed by atoms with Crippen LogP contribution in [0.3, 0.4) is 0 Å². The zero-order valence-electron chi connectivity index (χ0n) is 8.88. The molecule has 0 radical (unpaired) electrons. The molecular weight excluding hydrogens is 220 g/mol. The smallest absolute Gasteiger partial charge is 0.231 e. The molecule has 0 atom stereocenters. The average molecular weight is 230 g/mol. The predicted molar refractivity (Wildman–Crippen MR) is 61.3 cm³/mol. The molecule has 17 heavy (non-hydrogen) atoms. The van der Waals surface area contributed by atoms with E-state index in [1.54, 1.807) is 6.07 Å². The minimum atomic E-state index is -0.139. The number of rotatable bonds is 1. The number of hydrogen-bond acceptors (Lipinski definition) is 4. The fraction of sp³-hybridized carbons (Fsp3) is 0.0769. The van der Waals surface area contributed by atoms with Crippen LogP contribution in [0.15, 0.2) is 36.4 Å². The SMILES string of the molecule is Oc1ccc(-c2ccc3c(c2)OCO3)cc1O. The van der Waals surface area contributed by atoms with Crippen LogP contribution >= 0.6 is 0 Å². The van der Waals surface area contributed by atoms with Crippen molar-refractivity contribution in [2.24, 2.45) is 0 Å². The molecule has 0 aromatic heterocycles. The van der Waals surface area contributed by atoms with Crippen LogP contribution in [0.2, 0.25) is 0 Å². The van der Waals surface area contributed by atoms with Crippen molar-refractivity contribution in [2.45, 2.75) is 0 Å². The number of ether oxygens (including phenoxy) is 2. The Morgan fingerprint density at radius 2 is 1.47 bits per heavy atom. The summed E-state index contributed by atoms with van der Waals surface area (Å²) in [5, 5.41) is 18.7. The van der Waals surface area contributed by atoms with E-state index in [2.05, 4.69) is 0 Å². The maximum Gasteiger partial charge on any atom is 0.231 e. The Morgan fingerprint density at radius 3 is 2.29 bits per heavy atom. The molecule has 0 bridgehead atoms.